The van der Waals surface area contributed by atoms with Gasteiger partial charge in [0, 0.05) is 30.3 Å². The van der Waals surface area contributed by atoms with E-state index in [-0.39, 0.29) is 35.6 Å². The quantitative estimate of drug-likeness (QED) is 0.225. The summed E-state index contributed by atoms with van der Waals surface area (Å²) in [6.07, 6.45) is 2.74. The number of carbonyl (C=O) groups excluding carboxylic acids is 2. The average molecular weight is 485 g/mol. The minimum Gasteiger partial charge on any atom is -0.473 e. The van der Waals surface area contributed by atoms with E-state index in [4.69, 9.17) is 19.8 Å². The highest BCUT2D eigenvalue weighted by Gasteiger charge is 2.26. The molecule has 0 aliphatic heterocycles. The lowest BCUT2D eigenvalue weighted by molar-refractivity contribution is -0.384. The second kappa shape index (κ2) is 15.3. The number of hydrogen-bond donors (Lipinski definition) is 3. The molecule has 0 atom stereocenters. The third kappa shape index (κ3) is 11.3. The van der Waals surface area contributed by atoms with Gasteiger partial charge in [-0.1, -0.05) is 13.8 Å². The zero-order chi connectivity index (χ0) is 25.0. The molecule has 1 fully saturated rings. The van der Waals surface area contributed by atoms with Gasteiger partial charge < -0.3 is 30.8 Å². The molecule has 0 unspecified atom stereocenters. The number of hydrogen-bond acceptors (Lipinski definition) is 7. The molecule has 0 bridgehead atoms. The minimum atomic E-state index is -1.82. The highest BCUT2D eigenvalue weighted by Crippen LogP contribution is 2.18. The van der Waals surface area contributed by atoms with Gasteiger partial charge in [-0.15, -0.1) is 0 Å². The van der Waals surface area contributed by atoms with Gasteiger partial charge in [-0.25, -0.2) is 9.59 Å². The fourth-order valence-electron chi connectivity index (χ4n) is 2.86. The van der Waals surface area contributed by atoms with Gasteiger partial charge in [0.2, 0.25) is 5.91 Å². The second-order valence-corrected chi connectivity index (χ2v) is 7.36. The smallest absolute Gasteiger partial charge is 0.414 e. The van der Waals surface area contributed by atoms with Crippen LogP contribution in [0.2, 0.25) is 0 Å². The van der Waals surface area contributed by atoms with Crippen molar-refractivity contribution in [2.24, 2.45) is 0 Å². The molecule has 1 saturated carbocycles. The summed E-state index contributed by atoms with van der Waals surface area (Å²) in [5.74, 6) is -4.09. The first kappa shape index (κ1) is 30.4. The Balaban J connectivity index is 0.00000138. The molecule has 0 heterocycles. The molecule has 13 heteroatoms. The van der Waals surface area contributed by atoms with E-state index in [1.165, 1.54) is 29.2 Å². The molecule has 1 aromatic rings. The molecule has 13 nitrogen and oxygen atoms in total. The summed E-state index contributed by atoms with van der Waals surface area (Å²) < 4.78 is 0. The Kier molecular flexibility index (Phi) is 13.7. The molecule has 2 amide bonds. The van der Waals surface area contributed by atoms with Crippen molar-refractivity contribution in [2.45, 2.75) is 39.2 Å². The van der Waals surface area contributed by atoms with E-state index in [1.54, 1.807) is 0 Å². The van der Waals surface area contributed by atoms with E-state index < -0.39 is 16.9 Å². The molecule has 0 radical (unpaired) electrons. The number of aliphatic carboxylic acids is 2. The van der Waals surface area contributed by atoms with Crippen LogP contribution in [-0.4, -0.2) is 92.9 Å². The van der Waals surface area contributed by atoms with Crippen LogP contribution in [-0.2, 0) is 14.4 Å². The molecule has 1 aromatic carbocycles. The molecule has 1 aliphatic rings. The van der Waals surface area contributed by atoms with Gasteiger partial charge in [0.1, 0.15) is 0 Å². The molecule has 34 heavy (non-hydrogen) atoms. The molecule has 1 aliphatic carbocycles. The van der Waals surface area contributed by atoms with Gasteiger partial charge in [0.25, 0.3) is 11.6 Å². The summed E-state index contributed by atoms with van der Waals surface area (Å²) in [6.45, 7) is 7.37. The molecule has 0 spiro atoms. The summed E-state index contributed by atoms with van der Waals surface area (Å²) in [7, 11) is 0. The zero-order valence-electron chi connectivity index (χ0n) is 19.2. The van der Waals surface area contributed by atoms with E-state index in [0.717, 1.165) is 38.9 Å². The monoisotopic (exact) mass is 484 g/mol. The van der Waals surface area contributed by atoms with Crippen molar-refractivity contribution in [1.82, 2.24) is 15.1 Å². The van der Waals surface area contributed by atoms with E-state index in [1.807, 2.05) is 0 Å². The number of nitrogens with one attached hydrogen (secondary N) is 1. The van der Waals surface area contributed by atoms with Crippen LogP contribution in [0.3, 0.4) is 0 Å². The van der Waals surface area contributed by atoms with Gasteiger partial charge >= 0.3 is 11.9 Å². The molecular weight excluding hydrogens is 452 g/mol. The number of carbonyl (C=O) groups is 4. The van der Waals surface area contributed by atoms with Gasteiger partial charge in [-0.2, -0.15) is 0 Å². The predicted octanol–water partition coefficient (Wildman–Crippen LogP) is 0.378. The Labute approximate surface area is 196 Å². The number of nitro groups is 1. The standard InChI is InChI=1S/C19H28N4O4.C2H2O4.H2O/c1-3-21(4-2)12-5-13-22(14-18(24)20-16-8-9-16)19(25)15-6-10-17(11-7-15)23(26)27;3-1(4)2(5)6;/h6-7,10-11,16H,3-5,8-9,12-14H2,1-2H3,(H,20,24);(H,3,4)(H,5,6);1H2. The van der Waals surface area contributed by atoms with Crippen LogP contribution in [0.5, 0.6) is 0 Å². The second-order valence-electron chi connectivity index (χ2n) is 7.36. The van der Waals surface area contributed by atoms with Crippen LogP contribution >= 0.6 is 0 Å². The minimum absolute atomic E-state index is 0. The summed E-state index contributed by atoms with van der Waals surface area (Å²) in [6, 6.07) is 5.74. The number of carboxylic acid groups (broad SMARTS) is 2. The first-order chi connectivity index (χ1) is 15.6. The lowest BCUT2D eigenvalue weighted by Gasteiger charge is -2.24. The lowest BCUT2D eigenvalue weighted by Crippen LogP contribution is -2.42. The molecule has 0 aromatic heterocycles. The number of nitrogens with zero attached hydrogens (tertiary/aromatic N) is 3. The van der Waals surface area contributed by atoms with Crippen molar-refractivity contribution in [2.75, 3.05) is 32.7 Å². The van der Waals surface area contributed by atoms with Crippen LogP contribution in [0.1, 0.15) is 43.5 Å². The highest BCUT2D eigenvalue weighted by molar-refractivity contribution is 6.27. The average Bonchev–Trinajstić information content (AvgIpc) is 3.59. The van der Waals surface area contributed by atoms with E-state index >= 15 is 0 Å². The van der Waals surface area contributed by atoms with Crippen molar-refractivity contribution < 1.29 is 39.8 Å². The number of nitro benzene ring substituents is 1. The van der Waals surface area contributed by atoms with E-state index in [9.17, 15) is 19.7 Å². The van der Waals surface area contributed by atoms with Crippen molar-refractivity contribution in [1.29, 1.82) is 0 Å². The molecular formula is C21H32N4O9. The first-order valence-electron chi connectivity index (χ1n) is 10.6. The van der Waals surface area contributed by atoms with E-state index in [2.05, 4.69) is 24.1 Å². The number of benzene rings is 1. The first-order valence-corrected chi connectivity index (χ1v) is 10.6. The van der Waals surface area contributed by atoms with Crippen molar-refractivity contribution in [3.8, 4) is 0 Å². The lowest BCUT2D eigenvalue weighted by atomic mass is 10.1. The third-order valence-corrected chi connectivity index (χ3v) is 4.87. The molecule has 0 saturated heterocycles. The largest absolute Gasteiger partial charge is 0.473 e. The highest BCUT2D eigenvalue weighted by atomic mass is 16.6. The number of rotatable bonds is 11. The summed E-state index contributed by atoms with van der Waals surface area (Å²) in [4.78, 5) is 57.3. The molecule has 2 rings (SSSR count). The third-order valence-electron chi connectivity index (χ3n) is 4.87. The van der Waals surface area contributed by atoms with Crippen molar-refractivity contribution in [3.05, 3.63) is 39.9 Å². The Morgan fingerprint density at radius 3 is 1.97 bits per heavy atom. The van der Waals surface area contributed by atoms with Crippen molar-refractivity contribution >= 4 is 29.4 Å². The normalized spacial score (nSPS) is 12.0. The molecule has 190 valence electrons. The Morgan fingerprint density at radius 2 is 1.56 bits per heavy atom. The Hall–Kier alpha value is -3.58. The van der Waals surface area contributed by atoms with Crippen LogP contribution in [0.15, 0.2) is 24.3 Å². The fourth-order valence-corrected chi connectivity index (χ4v) is 2.86. The maximum atomic E-state index is 12.8. The van der Waals surface area contributed by atoms with Crippen molar-refractivity contribution in [3.63, 3.8) is 0 Å². The predicted molar refractivity (Wildman–Crippen MR) is 121 cm³/mol. The van der Waals surface area contributed by atoms with Crippen LogP contribution in [0, 0.1) is 10.1 Å². The van der Waals surface area contributed by atoms with Crippen LogP contribution in [0.4, 0.5) is 5.69 Å². The number of non-ortho nitro benzene ring substituents is 1. The van der Waals surface area contributed by atoms with Crippen LogP contribution < -0.4 is 5.32 Å². The van der Waals surface area contributed by atoms with Gasteiger partial charge in [0.15, 0.2) is 0 Å². The molecule has 5 N–H and O–H groups in total. The topological polar surface area (TPSA) is 202 Å². The van der Waals surface area contributed by atoms with Gasteiger partial charge in [-0.05, 0) is 51.0 Å². The van der Waals surface area contributed by atoms with Crippen LogP contribution in [0.25, 0.3) is 0 Å². The van der Waals surface area contributed by atoms with E-state index in [0.29, 0.717) is 12.1 Å². The Bertz CT molecular complexity index is 825. The maximum Gasteiger partial charge on any atom is 0.414 e. The van der Waals surface area contributed by atoms with Gasteiger partial charge in [0.05, 0.1) is 11.5 Å². The van der Waals surface area contributed by atoms with Gasteiger partial charge in [-0.3, -0.25) is 19.7 Å². The fraction of sp³-hybridized carbons (Fsp3) is 0.524. The number of carboxylic acids is 2. The number of amides is 2. The SMILES string of the molecule is CCN(CC)CCCN(CC(=O)NC1CC1)C(=O)c1ccc([N+](=O)[O-])cc1.O.O=C(O)C(=O)O. The summed E-state index contributed by atoms with van der Waals surface area (Å²) >= 11 is 0. The zero-order valence-corrected chi connectivity index (χ0v) is 19.2. The Morgan fingerprint density at radius 1 is 1.03 bits per heavy atom. The summed E-state index contributed by atoms with van der Waals surface area (Å²) in [5, 5.41) is 28.5. The summed E-state index contributed by atoms with van der Waals surface area (Å²) in [5.41, 5.74) is 0.286. The maximum absolute atomic E-state index is 12.8.